The molecule has 2 fully saturated rings. The van der Waals surface area contributed by atoms with Crippen LogP contribution in [0.1, 0.15) is 30.9 Å². The summed E-state index contributed by atoms with van der Waals surface area (Å²) in [5.41, 5.74) is 0. The van der Waals surface area contributed by atoms with Gasteiger partial charge < -0.3 is 24.3 Å². The second-order valence-corrected chi connectivity index (χ2v) is 6.99. The van der Waals surface area contributed by atoms with Gasteiger partial charge in [0, 0.05) is 46.3 Å². The van der Waals surface area contributed by atoms with Crippen LogP contribution in [0.25, 0.3) is 0 Å². The van der Waals surface area contributed by atoms with Crippen molar-refractivity contribution in [2.45, 2.75) is 38.8 Å². The number of rotatable bonds is 6. The molecular weight excluding hydrogens is 320 g/mol. The number of nitrogens with one attached hydrogen (secondary N) is 1. The van der Waals surface area contributed by atoms with Gasteiger partial charge in [0.05, 0.1) is 12.7 Å². The third-order valence-corrected chi connectivity index (χ3v) is 4.98. The van der Waals surface area contributed by atoms with Crippen LogP contribution in [0.4, 0.5) is 0 Å². The predicted octanol–water partition coefficient (Wildman–Crippen LogP) is 0.716. The highest BCUT2D eigenvalue weighted by atomic mass is 16.5. The van der Waals surface area contributed by atoms with E-state index in [1.165, 1.54) is 0 Å². The number of guanidine groups is 1. The fourth-order valence-corrected chi connectivity index (χ4v) is 3.26. The molecule has 0 aromatic carbocycles. The van der Waals surface area contributed by atoms with Crippen LogP contribution in [0, 0.1) is 12.8 Å². The van der Waals surface area contributed by atoms with Crippen molar-refractivity contribution < 1.29 is 9.47 Å². The third-order valence-electron chi connectivity index (χ3n) is 4.98. The fraction of sp³-hybridized carbons (Fsp3) is 0.824. The van der Waals surface area contributed by atoms with E-state index < -0.39 is 0 Å². The van der Waals surface area contributed by atoms with Crippen LogP contribution in [-0.2, 0) is 23.1 Å². The molecule has 3 heterocycles. The van der Waals surface area contributed by atoms with Gasteiger partial charge in [0.2, 0.25) is 0 Å². The number of aryl methyl sites for hydroxylation is 1. The molecule has 0 bridgehead atoms. The average Bonchev–Trinajstić information content (AvgIpc) is 3.34. The van der Waals surface area contributed by atoms with Crippen LogP contribution in [-0.4, -0.2) is 71.7 Å². The summed E-state index contributed by atoms with van der Waals surface area (Å²) in [6, 6.07) is 0. The molecule has 140 valence electrons. The summed E-state index contributed by atoms with van der Waals surface area (Å²) in [6.07, 6.45) is 3.66. The van der Waals surface area contributed by atoms with Gasteiger partial charge in [-0.1, -0.05) is 0 Å². The van der Waals surface area contributed by atoms with Crippen molar-refractivity contribution in [3.05, 3.63) is 11.6 Å². The summed E-state index contributed by atoms with van der Waals surface area (Å²) < 4.78 is 13.2. The van der Waals surface area contributed by atoms with Crippen LogP contribution in [0.3, 0.4) is 0 Å². The van der Waals surface area contributed by atoms with Gasteiger partial charge in [0.1, 0.15) is 12.4 Å². The van der Waals surface area contributed by atoms with Gasteiger partial charge in [0.25, 0.3) is 0 Å². The zero-order valence-corrected chi connectivity index (χ0v) is 15.6. The Labute approximate surface area is 149 Å². The first kappa shape index (κ1) is 18.1. The summed E-state index contributed by atoms with van der Waals surface area (Å²) in [7, 11) is 4.06. The molecular formula is C17H30N6O2. The normalized spacial score (nSPS) is 24.0. The molecule has 3 rings (SSSR count). The monoisotopic (exact) mass is 350 g/mol. The summed E-state index contributed by atoms with van der Waals surface area (Å²) in [5, 5.41) is 11.8. The van der Waals surface area contributed by atoms with Crippen molar-refractivity contribution in [3.63, 3.8) is 0 Å². The van der Waals surface area contributed by atoms with Gasteiger partial charge in [-0.15, -0.1) is 10.2 Å². The zero-order chi connectivity index (χ0) is 17.6. The lowest BCUT2D eigenvalue weighted by Crippen LogP contribution is -2.44. The molecule has 8 heteroatoms. The van der Waals surface area contributed by atoms with Gasteiger partial charge in [0.15, 0.2) is 11.8 Å². The van der Waals surface area contributed by atoms with E-state index in [2.05, 4.69) is 27.5 Å². The van der Waals surface area contributed by atoms with E-state index in [0.717, 1.165) is 69.8 Å². The molecule has 2 aliphatic heterocycles. The van der Waals surface area contributed by atoms with E-state index in [0.29, 0.717) is 12.5 Å². The number of ether oxygens (including phenoxy) is 2. The molecule has 1 aromatic heterocycles. The van der Waals surface area contributed by atoms with Crippen molar-refractivity contribution in [2.75, 3.05) is 40.0 Å². The molecule has 0 saturated carbocycles. The topological polar surface area (TPSA) is 76.8 Å². The molecule has 0 amide bonds. The first-order valence-electron chi connectivity index (χ1n) is 9.17. The fourth-order valence-electron chi connectivity index (χ4n) is 3.26. The Morgan fingerprint density at radius 3 is 2.88 bits per heavy atom. The molecule has 2 saturated heterocycles. The quantitative estimate of drug-likeness (QED) is 0.602. The van der Waals surface area contributed by atoms with E-state index in [1.807, 2.05) is 18.5 Å². The van der Waals surface area contributed by atoms with Crippen LogP contribution < -0.4 is 5.32 Å². The summed E-state index contributed by atoms with van der Waals surface area (Å²) in [5.74, 6) is 3.22. The minimum atomic E-state index is 0.283. The molecule has 8 nitrogen and oxygen atoms in total. The van der Waals surface area contributed by atoms with Crippen molar-refractivity contribution in [1.82, 2.24) is 25.0 Å². The number of aliphatic imine (C=N–C) groups is 1. The summed E-state index contributed by atoms with van der Waals surface area (Å²) in [4.78, 5) is 6.97. The van der Waals surface area contributed by atoms with Crippen LogP contribution in [0.2, 0.25) is 0 Å². The van der Waals surface area contributed by atoms with Crippen molar-refractivity contribution in [3.8, 4) is 0 Å². The zero-order valence-electron chi connectivity index (χ0n) is 15.6. The van der Waals surface area contributed by atoms with Crippen molar-refractivity contribution >= 4 is 5.96 Å². The Bertz CT molecular complexity index is 576. The molecule has 0 spiro atoms. The maximum atomic E-state index is 5.72. The minimum absolute atomic E-state index is 0.283. The Morgan fingerprint density at radius 1 is 1.36 bits per heavy atom. The Morgan fingerprint density at radius 2 is 2.24 bits per heavy atom. The Kier molecular flexibility index (Phi) is 6.25. The van der Waals surface area contributed by atoms with Gasteiger partial charge in [-0.05, 0) is 26.2 Å². The lowest BCUT2D eigenvalue weighted by atomic mass is 10.1. The molecule has 1 aromatic rings. The number of nitrogens with zero attached hydrogens (tertiary/aromatic N) is 5. The van der Waals surface area contributed by atoms with E-state index in [9.17, 15) is 0 Å². The Balaban J connectivity index is 1.63. The number of hydrogen-bond acceptors (Lipinski definition) is 5. The second-order valence-electron chi connectivity index (χ2n) is 6.99. The lowest BCUT2D eigenvalue weighted by Gasteiger charge is -2.25. The standard InChI is InChI=1S/C17H30N6O2/c1-13-20-21-16(23(13)3)10-19-17(18-9-15-5-4-7-25-15)22(2)11-14-6-8-24-12-14/h14-15H,4-12H2,1-3H3,(H,18,19). The van der Waals surface area contributed by atoms with Crippen LogP contribution >= 0.6 is 0 Å². The van der Waals surface area contributed by atoms with E-state index >= 15 is 0 Å². The van der Waals surface area contributed by atoms with Gasteiger partial charge in [-0.2, -0.15) is 0 Å². The highest BCUT2D eigenvalue weighted by Crippen LogP contribution is 2.14. The highest BCUT2D eigenvalue weighted by Gasteiger charge is 2.21. The summed E-state index contributed by atoms with van der Waals surface area (Å²) in [6.45, 7) is 6.77. The number of aromatic nitrogens is 3. The maximum Gasteiger partial charge on any atom is 0.194 e. The number of hydrogen-bond donors (Lipinski definition) is 1. The molecule has 2 aliphatic rings. The first-order valence-corrected chi connectivity index (χ1v) is 9.17. The van der Waals surface area contributed by atoms with Gasteiger partial charge in [-0.25, -0.2) is 4.99 Å². The van der Waals surface area contributed by atoms with Crippen LogP contribution in [0.5, 0.6) is 0 Å². The molecule has 2 unspecified atom stereocenters. The van der Waals surface area contributed by atoms with Gasteiger partial charge >= 0.3 is 0 Å². The second kappa shape index (κ2) is 8.62. The minimum Gasteiger partial charge on any atom is -0.381 e. The van der Waals surface area contributed by atoms with E-state index in [4.69, 9.17) is 14.5 Å². The first-order chi connectivity index (χ1) is 12.1. The average molecular weight is 350 g/mol. The van der Waals surface area contributed by atoms with Crippen LogP contribution in [0.15, 0.2) is 4.99 Å². The molecule has 1 N–H and O–H groups in total. The smallest absolute Gasteiger partial charge is 0.194 e. The summed E-state index contributed by atoms with van der Waals surface area (Å²) >= 11 is 0. The van der Waals surface area contributed by atoms with Crippen molar-refractivity contribution in [1.29, 1.82) is 0 Å². The largest absolute Gasteiger partial charge is 0.381 e. The predicted molar refractivity (Wildman–Crippen MR) is 95.4 cm³/mol. The molecule has 0 radical (unpaired) electrons. The van der Waals surface area contributed by atoms with E-state index in [1.54, 1.807) is 0 Å². The SMILES string of the molecule is Cc1nnc(CN=C(NCC2CCCO2)N(C)CC2CCOC2)n1C. The van der Waals surface area contributed by atoms with Crippen molar-refractivity contribution in [2.24, 2.45) is 18.0 Å². The Hall–Kier alpha value is -1.67. The van der Waals surface area contributed by atoms with E-state index in [-0.39, 0.29) is 6.10 Å². The molecule has 25 heavy (non-hydrogen) atoms. The molecule has 2 atom stereocenters. The highest BCUT2D eigenvalue weighted by molar-refractivity contribution is 5.79. The lowest BCUT2D eigenvalue weighted by molar-refractivity contribution is 0.113. The molecule has 0 aliphatic carbocycles. The van der Waals surface area contributed by atoms with Gasteiger partial charge in [-0.3, -0.25) is 0 Å². The maximum absolute atomic E-state index is 5.72. The third kappa shape index (κ3) is 4.92.